The SMILES string of the molecule is CC1(C)c2ccccc2-c2cc3c4ccccc4n(-c4ccc(-c5cc(-c6ccccc6)nc(-c6ccccc6)n5)cc4-c4nc(-c5ccccc5)cc(-c5cccc(-c6ccc(N7c8ccccc8B8c9ccccc9N(c9ccccc9)c9cccc7c98)cc6)c5)n4)c3cc21. The van der Waals surface area contributed by atoms with Gasteiger partial charge in [0.05, 0.1) is 39.5 Å². The van der Waals surface area contributed by atoms with Crippen molar-refractivity contribution in [2.45, 2.75) is 19.3 Å². The summed E-state index contributed by atoms with van der Waals surface area (Å²) in [6.45, 7) is 4.78. The Labute approximate surface area is 563 Å². The minimum atomic E-state index is -0.224. The Bertz CT molecular complexity index is 5750. The van der Waals surface area contributed by atoms with Gasteiger partial charge in [0.1, 0.15) is 0 Å². The van der Waals surface area contributed by atoms with Crippen LogP contribution in [-0.2, 0) is 5.41 Å². The summed E-state index contributed by atoms with van der Waals surface area (Å²) in [6.07, 6.45) is 0. The summed E-state index contributed by atoms with van der Waals surface area (Å²) in [5, 5.41) is 2.36. The van der Waals surface area contributed by atoms with Crippen LogP contribution in [0.25, 0.3) is 118 Å². The van der Waals surface area contributed by atoms with Crippen molar-refractivity contribution in [1.29, 1.82) is 0 Å². The van der Waals surface area contributed by atoms with Crippen molar-refractivity contribution in [3.8, 4) is 95.7 Å². The lowest BCUT2D eigenvalue weighted by Crippen LogP contribution is -2.61. The van der Waals surface area contributed by atoms with Crippen LogP contribution in [0.5, 0.6) is 0 Å². The number of nitrogens with zero attached hydrogens (tertiary/aromatic N) is 7. The van der Waals surface area contributed by atoms with Crippen LogP contribution in [0.1, 0.15) is 25.0 Å². The molecular formula is C89H60BN7. The fourth-order valence-electron chi connectivity index (χ4n) is 15.7. The fraction of sp³-hybridized carbons (Fsp3) is 0.0337. The van der Waals surface area contributed by atoms with Gasteiger partial charge in [-0.3, -0.25) is 0 Å². The second kappa shape index (κ2) is 22.3. The summed E-state index contributed by atoms with van der Waals surface area (Å²) in [7, 11) is 0. The molecule has 7 nitrogen and oxygen atoms in total. The van der Waals surface area contributed by atoms with E-state index < -0.39 is 0 Å². The first kappa shape index (κ1) is 56.1. The Hall–Kier alpha value is -12.5. The minimum absolute atomic E-state index is 0.0673. The average Bonchev–Trinajstić information content (AvgIpc) is 1.05. The van der Waals surface area contributed by atoms with Crippen LogP contribution in [0.3, 0.4) is 0 Å². The molecule has 0 amide bonds. The average molecular weight is 1240 g/mol. The van der Waals surface area contributed by atoms with Crippen LogP contribution >= 0.6 is 0 Å². The normalized spacial score (nSPS) is 13.1. The smallest absolute Gasteiger partial charge is 0.252 e. The van der Waals surface area contributed by atoms with Crippen molar-refractivity contribution in [3.05, 3.63) is 339 Å². The third kappa shape index (κ3) is 9.12. The second-order valence-electron chi connectivity index (χ2n) is 26.1. The van der Waals surface area contributed by atoms with E-state index in [0.29, 0.717) is 11.6 Å². The van der Waals surface area contributed by atoms with Gasteiger partial charge in [0, 0.05) is 83.7 Å². The number of rotatable bonds is 10. The Morgan fingerprint density at radius 3 is 1.42 bits per heavy atom. The van der Waals surface area contributed by atoms with E-state index in [0.717, 1.165) is 95.4 Å². The molecule has 16 aromatic rings. The highest BCUT2D eigenvalue weighted by Crippen LogP contribution is 2.52. The molecule has 0 saturated heterocycles. The van der Waals surface area contributed by atoms with Gasteiger partial charge in [-0.15, -0.1) is 0 Å². The molecule has 13 aromatic carbocycles. The molecule has 0 bridgehead atoms. The molecule has 97 heavy (non-hydrogen) atoms. The van der Waals surface area contributed by atoms with Crippen LogP contribution in [0.4, 0.5) is 34.1 Å². The monoisotopic (exact) mass is 1240 g/mol. The fourth-order valence-corrected chi connectivity index (χ4v) is 15.7. The minimum Gasteiger partial charge on any atom is -0.311 e. The lowest BCUT2D eigenvalue weighted by Gasteiger charge is -2.44. The lowest BCUT2D eigenvalue weighted by molar-refractivity contribution is 0.661. The van der Waals surface area contributed by atoms with E-state index >= 15 is 0 Å². The Balaban J connectivity index is 0.773. The topological polar surface area (TPSA) is 63.0 Å². The number of hydrogen-bond acceptors (Lipinski definition) is 6. The van der Waals surface area contributed by atoms with E-state index in [1.807, 2.05) is 24.3 Å². The largest absolute Gasteiger partial charge is 0.311 e. The summed E-state index contributed by atoms with van der Waals surface area (Å²) in [6, 6.07) is 118. The van der Waals surface area contributed by atoms with Crippen molar-refractivity contribution in [2.75, 3.05) is 9.80 Å². The van der Waals surface area contributed by atoms with Gasteiger partial charge in [0.25, 0.3) is 6.71 Å². The number of hydrogen-bond donors (Lipinski definition) is 0. The molecule has 454 valence electrons. The van der Waals surface area contributed by atoms with Crippen LogP contribution in [0, 0.1) is 0 Å². The molecular weight excluding hydrogens is 1180 g/mol. The van der Waals surface area contributed by atoms with Crippen molar-refractivity contribution < 1.29 is 0 Å². The first-order valence-electron chi connectivity index (χ1n) is 33.3. The Kier molecular flexibility index (Phi) is 12.9. The molecule has 2 aliphatic heterocycles. The molecule has 0 atom stereocenters. The van der Waals surface area contributed by atoms with Crippen molar-refractivity contribution in [1.82, 2.24) is 24.5 Å². The highest BCUT2D eigenvalue weighted by molar-refractivity contribution is 7.00. The molecule has 0 fully saturated rings. The molecule has 0 unspecified atom stereocenters. The molecule has 3 aromatic heterocycles. The lowest BCUT2D eigenvalue weighted by atomic mass is 9.33. The van der Waals surface area contributed by atoms with Gasteiger partial charge < -0.3 is 14.4 Å². The van der Waals surface area contributed by atoms with E-state index in [4.69, 9.17) is 19.9 Å². The molecule has 3 aliphatic rings. The van der Waals surface area contributed by atoms with Crippen molar-refractivity contribution >= 4 is 79.0 Å². The van der Waals surface area contributed by atoms with Gasteiger partial charge in [-0.25, -0.2) is 19.9 Å². The number of anilines is 6. The molecule has 0 spiro atoms. The summed E-state index contributed by atoms with van der Waals surface area (Å²) < 4.78 is 2.45. The van der Waals surface area contributed by atoms with Gasteiger partial charge in [0.15, 0.2) is 11.6 Å². The zero-order chi connectivity index (χ0) is 64.3. The molecule has 8 heteroatoms. The van der Waals surface area contributed by atoms with Gasteiger partial charge in [-0.1, -0.05) is 244 Å². The summed E-state index contributed by atoms with van der Waals surface area (Å²) in [4.78, 5) is 26.9. The van der Waals surface area contributed by atoms with E-state index in [1.165, 1.54) is 72.2 Å². The molecule has 0 N–H and O–H groups in total. The number of para-hydroxylation sites is 4. The van der Waals surface area contributed by atoms with E-state index in [1.54, 1.807) is 0 Å². The number of benzene rings is 13. The molecule has 1 aliphatic carbocycles. The third-order valence-corrected chi connectivity index (χ3v) is 20.2. The predicted molar refractivity (Wildman–Crippen MR) is 402 cm³/mol. The van der Waals surface area contributed by atoms with Gasteiger partial charge in [-0.05, 0) is 147 Å². The van der Waals surface area contributed by atoms with Gasteiger partial charge >= 0.3 is 0 Å². The second-order valence-corrected chi connectivity index (χ2v) is 26.1. The number of fused-ring (bicyclic) bond motifs is 10. The van der Waals surface area contributed by atoms with Crippen LogP contribution in [0.2, 0.25) is 0 Å². The maximum atomic E-state index is 5.75. The summed E-state index contributed by atoms with van der Waals surface area (Å²) >= 11 is 0. The highest BCUT2D eigenvalue weighted by Gasteiger charge is 2.43. The molecule has 0 saturated carbocycles. The predicted octanol–water partition coefficient (Wildman–Crippen LogP) is 20.4. The molecule has 0 radical (unpaired) electrons. The standard InChI is InChI=1S/C89H60BN7/c1-89(2)71-37-17-15-35-66(71)68-53-69-67-36-16-20-40-79(67)97(85(69)54-72(68)89)80-50-47-63(78-55-75(58-25-7-3-8-26-58)91-87(92-78)60-29-11-5-12-30-60)52-70(80)88-93-76(59-27-9-4-10-28-59)56-77(94-88)62-32-23-31-61(51-62)57-45-48-65(49-46-57)96-82-42-22-19-39-74(82)90-73-38-18-21-41-81(73)95(64-33-13-6-14-34-64)83-43-24-44-84(96)86(83)90/h3-56H,1-2H3. The number of aromatic nitrogens is 5. The highest BCUT2D eigenvalue weighted by atomic mass is 15.2. The van der Waals surface area contributed by atoms with Crippen LogP contribution in [-0.4, -0.2) is 31.2 Å². The molecule has 19 rings (SSSR count). The first-order valence-corrected chi connectivity index (χ1v) is 33.3. The third-order valence-electron chi connectivity index (χ3n) is 20.2. The Morgan fingerprint density at radius 1 is 0.278 bits per heavy atom. The van der Waals surface area contributed by atoms with Crippen LogP contribution < -0.4 is 26.2 Å². The maximum absolute atomic E-state index is 5.75. The Morgan fingerprint density at radius 2 is 0.763 bits per heavy atom. The zero-order valence-electron chi connectivity index (χ0n) is 53.4. The van der Waals surface area contributed by atoms with Crippen molar-refractivity contribution in [3.63, 3.8) is 0 Å². The first-order chi connectivity index (χ1) is 47.9. The maximum Gasteiger partial charge on any atom is 0.252 e. The van der Waals surface area contributed by atoms with Gasteiger partial charge in [-0.2, -0.15) is 0 Å². The summed E-state index contributed by atoms with van der Waals surface area (Å²) in [5.74, 6) is 1.24. The van der Waals surface area contributed by atoms with Gasteiger partial charge in [0.2, 0.25) is 0 Å². The molecule has 5 heterocycles. The van der Waals surface area contributed by atoms with E-state index in [-0.39, 0.29) is 12.1 Å². The van der Waals surface area contributed by atoms with E-state index in [2.05, 4.69) is 332 Å². The van der Waals surface area contributed by atoms with E-state index in [9.17, 15) is 0 Å². The van der Waals surface area contributed by atoms with Crippen LogP contribution in [0.15, 0.2) is 328 Å². The summed E-state index contributed by atoms with van der Waals surface area (Å²) in [5.41, 5.74) is 30.1. The quantitative estimate of drug-likeness (QED) is 0.127. The van der Waals surface area contributed by atoms with Crippen molar-refractivity contribution in [2.24, 2.45) is 0 Å². The zero-order valence-corrected chi connectivity index (χ0v) is 53.4.